The molecule has 1 amide bonds. The van der Waals surface area contributed by atoms with Gasteiger partial charge in [0.05, 0.1) is 0 Å². The molecule has 0 radical (unpaired) electrons. The van der Waals surface area contributed by atoms with Gasteiger partial charge in [0.1, 0.15) is 0 Å². The first-order chi connectivity index (χ1) is 14.4. The maximum atomic E-state index is 12.6. The van der Waals surface area contributed by atoms with Crippen molar-refractivity contribution in [2.24, 2.45) is 10.9 Å². The molecular weight excluding hydrogens is 503 g/mol. The molecule has 1 saturated heterocycles. The maximum absolute atomic E-state index is 12.6. The molecule has 8 heteroatoms. The van der Waals surface area contributed by atoms with Crippen LogP contribution in [-0.4, -0.2) is 98.1 Å². The van der Waals surface area contributed by atoms with Gasteiger partial charge in [0.25, 0.3) is 0 Å². The average molecular weight is 551 g/mol. The first-order valence-corrected chi connectivity index (χ1v) is 12.1. The molecule has 0 spiro atoms. The second-order valence-electron chi connectivity index (χ2n) is 9.35. The normalized spacial score (nSPS) is 18.7. The summed E-state index contributed by atoms with van der Waals surface area (Å²) in [7, 11) is 1.83. The van der Waals surface area contributed by atoms with E-state index in [2.05, 4.69) is 58.0 Å². The van der Waals surface area contributed by atoms with Crippen LogP contribution < -0.4 is 10.6 Å². The van der Waals surface area contributed by atoms with E-state index in [-0.39, 0.29) is 24.0 Å². The van der Waals surface area contributed by atoms with Crippen LogP contribution in [0.3, 0.4) is 0 Å². The van der Waals surface area contributed by atoms with Crippen LogP contribution in [0.5, 0.6) is 0 Å². The third kappa shape index (κ3) is 9.82. The molecule has 2 N–H and O–H groups in total. The zero-order valence-corrected chi connectivity index (χ0v) is 22.9. The van der Waals surface area contributed by atoms with Crippen LogP contribution in [0, 0.1) is 5.92 Å². The van der Waals surface area contributed by atoms with E-state index in [9.17, 15) is 4.79 Å². The minimum Gasteiger partial charge on any atom is -0.356 e. The van der Waals surface area contributed by atoms with Crippen molar-refractivity contribution in [3.05, 3.63) is 0 Å². The van der Waals surface area contributed by atoms with Crippen LogP contribution in [0.2, 0.25) is 0 Å². The van der Waals surface area contributed by atoms with Crippen LogP contribution >= 0.6 is 24.0 Å². The Hall–Kier alpha value is -0.610. The highest BCUT2D eigenvalue weighted by molar-refractivity contribution is 14.0. The van der Waals surface area contributed by atoms with E-state index in [1.807, 2.05) is 7.05 Å². The van der Waals surface area contributed by atoms with Gasteiger partial charge in [-0.05, 0) is 47.0 Å². The van der Waals surface area contributed by atoms with Crippen molar-refractivity contribution in [2.75, 3.05) is 59.4 Å². The number of hydrogen-bond acceptors (Lipinski definition) is 4. The molecule has 0 atom stereocenters. The fourth-order valence-corrected chi connectivity index (χ4v) is 4.76. The molecule has 0 unspecified atom stereocenters. The standard InChI is InChI=1S/C23H46N6O.HI/c1-19(2)29(20(3)4)13-8-11-25-23(24-5)26-12-14-27-15-17-28(18-16-27)22(30)21-9-6-7-10-21;/h19-21H,6-18H2,1-5H3,(H2,24,25,26);1H. The zero-order chi connectivity index (χ0) is 21.9. The molecule has 1 aliphatic carbocycles. The van der Waals surface area contributed by atoms with E-state index in [0.717, 1.165) is 77.6 Å². The van der Waals surface area contributed by atoms with Gasteiger partial charge >= 0.3 is 0 Å². The van der Waals surface area contributed by atoms with Crippen LogP contribution in [0.1, 0.15) is 59.8 Å². The van der Waals surface area contributed by atoms with Gasteiger partial charge in [0, 0.05) is 77.4 Å². The molecular formula is C23H47IN6O. The molecule has 0 bridgehead atoms. The summed E-state index contributed by atoms with van der Waals surface area (Å²) < 4.78 is 0. The fourth-order valence-electron chi connectivity index (χ4n) is 4.76. The lowest BCUT2D eigenvalue weighted by Gasteiger charge is -2.36. The molecule has 2 fully saturated rings. The van der Waals surface area contributed by atoms with Gasteiger partial charge in [-0.3, -0.25) is 19.6 Å². The summed E-state index contributed by atoms with van der Waals surface area (Å²) in [6.07, 6.45) is 5.76. The van der Waals surface area contributed by atoms with Gasteiger partial charge in [-0.1, -0.05) is 12.8 Å². The molecule has 0 aromatic rings. The van der Waals surface area contributed by atoms with Crippen molar-refractivity contribution in [3.63, 3.8) is 0 Å². The second-order valence-corrected chi connectivity index (χ2v) is 9.35. The van der Waals surface area contributed by atoms with Crippen molar-refractivity contribution in [3.8, 4) is 0 Å². The van der Waals surface area contributed by atoms with E-state index in [1.54, 1.807) is 0 Å². The first-order valence-electron chi connectivity index (χ1n) is 12.1. The van der Waals surface area contributed by atoms with E-state index in [0.29, 0.717) is 23.9 Å². The molecule has 7 nitrogen and oxygen atoms in total. The molecule has 1 heterocycles. The Morgan fingerprint density at radius 1 is 1.00 bits per heavy atom. The number of guanidine groups is 1. The molecule has 1 aliphatic heterocycles. The smallest absolute Gasteiger partial charge is 0.225 e. The molecule has 0 aromatic heterocycles. The van der Waals surface area contributed by atoms with Gasteiger partial charge in [-0.25, -0.2) is 0 Å². The van der Waals surface area contributed by atoms with Crippen molar-refractivity contribution in [1.29, 1.82) is 0 Å². The number of rotatable bonds is 10. The lowest BCUT2D eigenvalue weighted by Crippen LogP contribution is -2.52. The van der Waals surface area contributed by atoms with E-state index >= 15 is 0 Å². The lowest BCUT2D eigenvalue weighted by molar-refractivity contribution is -0.137. The highest BCUT2D eigenvalue weighted by atomic mass is 127. The second kappa shape index (κ2) is 15.3. The van der Waals surface area contributed by atoms with Crippen molar-refractivity contribution in [2.45, 2.75) is 71.9 Å². The van der Waals surface area contributed by atoms with Crippen LogP contribution in [0.15, 0.2) is 4.99 Å². The molecule has 2 rings (SSSR count). The maximum Gasteiger partial charge on any atom is 0.225 e. The molecule has 2 aliphatic rings. The molecule has 182 valence electrons. The molecule has 31 heavy (non-hydrogen) atoms. The number of aliphatic imine (C=N–C) groups is 1. The average Bonchev–Trinajstić information content (AvgIpc) is 3.26. The Bertz CT molecular complexity index is 520. The fraction of sp³-hybridized carbons (Fsp3) is 0.913. The SMILES string of the molecule is CN=C(NCCCN(C(C)C)C(C)C)NCCN1CCN(C(=O)C2CCCC2)CC1.I. The minimum atomic E-state index is 0. The van der Waals surface area contributed by atoms with Gasteiger partial charge in [-0.15, -0.1) is 24.0 Å². The van der Waals surface area contributed by atoms with Gasteiger partial charge < -0.3 is 15.5 Å². The number of nitrogens with one attached hydrogen (secondary N) is 2. The number of piperazine rings is 1. The third-order valence-corrected chi connectivity index (χ3v) is 6.54. The third-order valence-electron chi connectivity index (χ3n) is 6.54. The largest absolute Gasteiger partial charge is 0.356 e. The Balaban J connectivity index is 0.00000480. The summed E-state index contributed by atoms with van der Waals surface area (Å²) in [5, 5.41) is 6.87. The lowest BCUT2D eigenvalue weighted by atomic mass is 10.1. The van der Waals surface area contributed by atoms with Crippen molar-refractivity contribution >= 4 is 35.8 Å². The van der Waals surface area contributed by atoms with E-state index in [4.69, 9.17) is 0 Å². The summed E-state index contributed by atoms with van der Waals surface area (Å²) >= 11 is 0. The van der Waals surface area contributed by atoms with Gasteiger partial charge in [-0.2, -0.15) is 0 Å². The Kier molecular flexibility index (Phi) is 14.0. The summed E-state index contributed by atoms with van der Waals surface area (Å²) in [6.45, 7) is 16.7. The highest BCUT2D eigenvalue weighted by Gasteiger charge is 2.29. The summed E-state index contributed by atoms with van der Waals surface area (Å²) in [5.41, 5.74) is 0. The number of hydrogen-bond donors (Lipinski definition) is 2. The number of halogens is 1. The summed E-state index contributed by atoms with van der Waals surface area (Å²) in [4.78, 5) is 24.0. The number of carbonyl (C=O) groups is 1. The predicted octanol–water partition coefficient (Wildman–Crippen LogP) is 2.61. The predicted molar refractivity (Wildman–Crippen MR) is 141 cm³/mol. The molecule has 1 saturated carbocycles. The van der Waals surface area contributed by atoms with Gasteiger partial charge in [0.2, 0.25) is 5.91 Å². The minimum absolute atomic E-state index is 0. The van der Waals surface area contributed by atoms with E-state index in [1.165, 1.54) is 12.8 Å². The number of carbonyl (C=O) groups excluding carboxylic acids is 1. The quantitative estimate of drug-likeness (QED) is 0.190. The summed E-state index contributed by atoms with van der Waals surface area (Å²) in [6, 6.07) is 1.16. The van der Waals surface area contributed by atoms with Gasteiger partial charge in [0.15, 0.2) is 5.96 Å². The highest BCUT2D eigenvalue weighted by Crippen LogP contribution is 2.26. The van der Waals surface area contributed by atoms with Crippen molar-refractivity contribution in [1.82, 2.24) is 25.3 Å². The zero-order valence-electron chi connectivity index (χ0n) is 20.5. The Morgan fingerprint density at radius 2 is 1.58 bits per heavy atom. The monoisotopic (exact) mass is 550 g/mol. The Labute approximate surface area is 207 Å². The number of amides is 1. The molecule has 0 aromatic carbocycles. The van der Waals surface area contributed by atoms with E-state index < -0.39 is 0 Å². The van der Waals surface area contributed by atoms with Crippen LogP contribution in [0.25, 0.3) is 0 Å². The van der Waals surface area contributed by atoms with Crippen LogP contribution in [0.4, 0.5) is 0 Å². The van der Waals surface area contributed by atoms with Crippen LogP contribution in [-0.2, 0) is 4.79 Å². The topological polar surface area (TPSA) is 63.2 Å². The Morgan fingerprint density at radius 3 is 2.13 bits per heavy atom. The summed E-state index contributed by atoms with van der Waals surface area (Å²) in [5.74, 6) is 1.59. The van der Waals surface area contributed by atoms with Crippen molar-refractivity contribution < 1.29 is 4.79 Å². The number of nitrogens with zero attached hydrogens (tertiary/aromatic N) is 4. The first kappa shape index (κ1) is 28.4.